The summed E-state index contributed by atoms with van der Waals surface area (Å²) in [4.78, 5) is 2.48. The molecule has 1 aliphatic heterocycles. The van der Waals surface area contributed by atoms with E-state index in [0.29, 0.717) is 0 Å². The lowest BCUT2D eigenvalue weighted by atomic mass is 9.96. The zero-order valence-corrected chi connectivity index (χ0v) is 13.1. The van der Waals surface area contributed by atoms with Gasteiger partial charge in [-0.05, 0) is 30.5 Å². The van der Waals surface area contributed by atoms with Gasteiger partial charge in [0.2, 0.25) is 0 Å². The molecule has 0 radical (unpaired) electrons. The van der Waals surface area contributed by atoms with Crippen LogP contribution in [0.15, 0.2) is 28.7 Å². The van der Waals surface area contributed by atoms with Crippen LogP contribution in [0.3, 0.4) is 0 Å². The van der Waals surface area contributed by atoms with Gasteiger partial charge < -0.3 is 10.5 Å². The van der Waals surface area contributed by atoms with E-state index in [9.17, 15) is 0 Å². The van der Waals surface area contributed by atoms with Gasteiger partial charge >= 0.3 is 0 Å². The fourth-order valence-electron chi connectivity index (χ4n) is 2.69. The molecule has 0 bridgehead atoms. The van der Waals surface area contributed by atoms with Crippen LogP contribution in [0.4, 0.5) is 0 Å². The van der Waals surface area contributed by atoms with Crippen LogP contribution < -0.4 is 5.73 Å². The van der Waals surface area contributed by atoms with E-state index in [4.69, 9.17) is 10.5 Å². The number of halogens is 1. The number of benzene rings is 1. The fraction of sp³-hybridized carbons (Fsp3) is 0.600. The molecule has 0 aromatic heterocycles. The van der Waals surface area contributed by atoms with Crippen LogP contribution in [0.1, 0.15) is 31.4 Å². The predicted molar refractivity (Wildman–Crippen MR) is 82.2 cm³/mol. The van der Waals surface area contributed by atoms with Crippen LogP contribution in [0, 0.1) is 0 Å². The summed E-state index contributed by atoms with van der Waals surface area (Å²) in [6.45, 7) is 5.85. The molecule has 2 rings (SSSR count). The SMILES string of the molecule is CCC(N)C(c1cccc(Br)c1)N1CCCOCC1. The number of hydrogen-bond donors (Lipinski definition) is 1. The highest BCUT2D eigenvalue weighted by Crippen LogP contribution is 2.28. The van der Waals surface area contributed by atoms with Gasteiger partial charge in [0.25, 0.3) is 0 Å². The first kappa shape index (κ1) is 15.0. The number of hydrogen-bond acceptors (Lipinski definition) is 3. The average molecular weight is 327 g/mol. The molecule has 3 nitrogen and oxygen atoms in total. The van der Waals surface area contributed by atoms with Gasteiger partial charge in [0.15, 0.2) is 0 Å². The van der Waals surface area contributed by atoms with Gasteiger partial charge in [0.1, 0.15) is 0 Å². The molecule has 1 fully saturated rings. The minimum Gasteiger partial charge on any atom is -0.380 e. The summed E-state index contributed by atoms with van der Waals surface area (Å²) in [6.07, 6.45) is 2.06. The molecule has 1 heterocycles. The van der Waals surface area contributed by atoms with Crippen LogP contribution in [0.25, 0.3) is 0 Å². The molecule has 1 aromatic rings. The van der Waals surface area contributed by atoms with Crippen molar-refractivity contribution in [1.82, 2.24) is 4.90 Å². The van der Waals surface area contributed by atoms with Crippen molar-refractivity contribution in [1.29, 1.82) is 0 Å². The molecule has 1 saturated heterocycles. The van der Waals surface area contributed by atoms with Gasteiger partial charge in [-0.25, -0.2) is 0 Å². The maximum atomic E-state index is 6.38. The average Bonchev–Trinajstić information content (AvgIpc) is 2.68. The summed E-state index contributed by atoms with van der Waals surface area (Å²) in [6, 6.07) is 8.95. The molecule has 0 saturated carbocycles. The molecule has 19 heavy (non-hydrogen) atoms. The first-order chi connectivity index (χ1) is 9.22. The molecule has 0 amide bonds. The van der Waals surface area contributed by atoms with E-state index in [-0.39, 0.29) is 12.1 Å². The first-order valence-electron chi connectivity index (χ1n) is 7.05. The van der Waals surface area contributed by atoms with Gasteiger partial charge in [-0.1, -0.05) is 35.0 Å². The Morgan fingerprint density at radius 2 is 2.21 bits per heavy atom. The molecular formula is C15H23BrN2O. The largest absolute Gasteiger partial charge is 0.380 e. The summed E-state index contributed by atoms with van der Waals surface area (Å²) in [7, 11) is 0. The Balaban J connectivity index is 2.24. The van der Waals surface area contributed by atoms with Crippen molar-refractivity contribution in [3.63, 3.8) is 0 Å². The fourth-order valence-corrected chi connectivity index (χ4v) is 3.10. The van der Waals surface area contributed by atoms with E-state index in [1.54, 1.807) is 0 Å². The molecule has 1 aromatic carbocycles. The second-order valence-corrected chi connectivity index (χ2v) is 5.99. The number of nitrogens with two attached hydrogens (primary N) is 1. The van der Waals surface area contributed by atoms with Crippen molar-refractivity contribution < 1.29 is 4.74 Å². The van der Waals surface area contributed by atoms with Crippen molar-refractivity contribution >= 4 is 15.9 Å². The highest BCUT2D eigenvalue weighted by Gasteiger charge is 2.26. The Morgan fingerprint density at radius 1 is 1.37 bits per heavy atom. The Morgan fingerprint density at radius 3 is 2.95 bits per heavy atom. The third kappa shape index (κ3) is 4.02. The second-order valence-electron chi connectivity index (χ2n) is 5.07. The second kappa shape index (κ2) is 7.39. The molecule has 2 N–H and O–H groups in total. The maximum Gasteiger partial charge on any atom is 0.0593 e. The van der Waals surface area contributed by atoms with Crippen molar-refractivity contribution in [2.24, 2.45) is 5.73 Å². The van der Waals surface area contributed by atoms with E-state index < -0.39 is 0 Å². The summed E-state index contributed by atoms with van der Waals surface area (Å²) in [5.41, 5.74) is 7.68. The minimum absolute atomic E-state index is 0.160. The highest BCUT2D eigenvalue weighted by atomic mass is 79.9. The normalized spacial score (nSPS) is 20.8. The van der Waals surface area contributed by atoms with E-state index in [1.807, 2.05) is 0 Å². The van der Waals surface area contributed by atoms with Gasteiger partial charge in [-0.15, -0.1) is 0 Å². The Hall–Kier alpha value is -0.420. The van der Waals surface area contributed by atoms with E-state index in [1.165, 1.54) is 5.56 Å². The lowest BCUT2D eigenvalue weighted by Crippen LogP contribution is -2.42. The third-order valence-corrected chi connectivity index (χ3v) is 4.21. The molecular weight excluding hydrogens is 304 g/mol. The molecule has 0 spiro atoms. The van der Waals surface area contributed by atoms with E-state index in [0.717, 1.165) is 43.6 Å². The standard InChI is InChI=1S/C15H23BrN2O/c1-2-14(17)15(12-5-3-6-13(16)11-12)18-7-4-9-19-10-8-18/h3,5-6,11,14-15H,2,4,7-10,17H2,1H3. The lowest BCUT2D eigenvalue weighted by Gasteiger charge is -2.34. The van der Waals surface area contributed by atoms with Crippen molar-refractivity contribution in [3.8, 4) is 0 Å². The van der Waals surface area contributed by atoms with Crippen LogP contribution in [0.5, 0.6) is 0 Å². The summed E-state index contributed by atoms with van der Waals surface area (Å²) < 4.78 is 6.67. The smallest absolute Gasteiger partial charge is 0.0593 e. The van der Waals surface area contributed by atoms with Crippen molar-refractivity contribution in [2.75, 3.05) is 26.3 Å². The Kier molecular flexibility index (Phi) is 5.82. The first-order valence-corrected chi connectivity index (χ1v) is 7.84. The van der Waals surface area contributed by atoms with Gasteiger partial charge in [0, 0.05) is 36.3 Å². The summed E-state index contributed by atoms with van der Waals surface area (Å²) >= 11 is 3.56. The van der Waals surface area contributed by atoms with Gasteiger partial charge in [-0.3, -0.25) is 4.90 Å². The molecule has 2 unspecified atom stereocenters. The molecule has 106 valence electrons. The third-order valence-electron chi connectivity index (χ3n) is 3.72. The zero-order chi connectivity index (χ0) is 13.7. The molecule has 4 heteroatoms. The molecule has 1 aliphatic rings. The van der Waals surface area contributed by atoms with E-state index in [2.05, 4.69) is 52.0 Å². The quantitative estimate of drug-likeness (QED) is 0.924. The van der Waals surface area contributed by atoms with Crippen LogP contribution in [-0.2, 0) is 4.74 Å². The van der Waals surface area contributed by atoms with Crippen LogP contribution >= 0.6 is 15.9 Å². The maximum absolute atomic E-state index is 6.38. The van der Waals surface area contributed by atoms with Crippen molar-refractivity contribution in [3.05, 3.63) is 34.3 Å². The van der Waals surface area contributed by atoms with Gasteiger partial charge in [-0.2, -0.15) is 0 Å². The lowest BCUT2D eigenvalue weighted by molar-refractivity contribution is 0.125. The zero-order valence-electron chi connectivity index (χ0n) is 11.5. The highest BCUT2D eigenvalue weighted by molar-refractivity contribution is 9.10. The monoisotopic (exact) mass is 326 g/mol. The topological polar surface area (TPSA) is 38.5 Å². The van der Waals surface area contributed by atoms with Gasteiger partial charge in [0.05, 0.1) is 6.61 Å². The predicted octanol–water partition coefficient (Wildman–Crippen LogP) is 2.95. The Labute approximate surface area is 124 Å². The molecule has 2 atom stereocenters. The van der Waals surface area contributed by atoms with Crippen LogP contribution in [-0.4, -0.2) is 37.2 Å². The summed E-state index contributed by atoms with van der Waals surface area (Å²) in [5, 5.41) is 0. The van der Waals surface area contributed by atoms with Crippen LogP contribution in [0.2, 0.25) is 0 Å². The Bertz CT molecular complexity index is 391. The van der Waals surface area contributed by atoms with Crippen molar-refractivity contribution in [2.45, 2.75) is 31.8 Å². The molecule has 0 aliphatic carbocycles. The number of ether oxygens (including phenoxy) is 1. The minimum atomic E-state index is 0.160. The summed E-state index contributed by atoms with van der Waals surface area (Å²) in [5.74, 6) is 0. The number of rotatable bonds is 4. The number of nitrogens with zero attached hydrogens (tertiary/aromatic N) is 1. The van der Waals surface area contributed by atoms with E-state index >= 15 is 0 Å².